The Bertz CT molecular complexity index is 1130. The zero-order valence-electron chi connectivity index (χ0n) is 17.3. The molecule has 0 unspecified atom stereocenters. The first-order valence-corrected chi connectivity index (χ1v) is 10.9. The molecule has 1 aliphatic rings. The highest BCUT2D eigenvalue weighted by Gasteiger charge is 2.31. The van der Waals surface area contributed by atoms with E-state index in [0.29, 0.717) is 28.4 Å². The van der Waals surface area contributed by atoms with E-state index in [-0.39, 0.29) is 30.0 Å². The number of aromatic nitrogens is 1. The predicted molar refractivity (Wildman–Crippen MR) is 124 cm³/mol. The van der Waals surface area contributed by atoms with Crippen molar-refractivity contribution in [3.05, 3.63) is 76.3 Å². The maximum absolute atomic E-state index is 12.1. The molecule has 0 fully saturated rings. The topological polar surface area (TPSA) is 86.5 Å². The molecule has 0 spiro atoms. The standard InChI is InChI=1S/C24H23N3O3S/c1-15(2)13-30-24(29)17-8-10-18(11-9-17)27-12-20(28)21(22(27)25)23-26-19(14-31-23)16-6-4-3-5-7-16/h3-11,14-15,25,28H,12-13H2,1-2H3. The van der Waals surface area contributed by atoms with Crippen molar-refractivity contribution in [2.75, 3.05) is 18.1 Å². The van der Waals surface area contributed by atoms with Gasteiger partial charge in [-0.25, -0.2) is 9.78 Å². The van der Waals surface area contributed by atoms with Gasteiger partial charge in [-0.2, -0.15) is 0 Å². The molecule has 0 bridgehead atoms. The Labute approximate surface area is 185 Å². The van der Waals surface area contributed by atoms with Crippen molar-refractivity contribution < 1.29 is 14.6 Å². The highest BCUT2D eigenvalue weighted by Crippen LogP contribution is 2.34. The monoisotopic (exact) mass is 433 g/mol. The van der Waals surface area contributed by atoms with Gasteiger partial charge in [-0.05, 0) is 30.2 Å². The Balaban J connectivity index is 1.50. The van der Waals surface area contributed by atoms with E-state index in [2.05, 4.69) is 4.98 Å². The first kappa shape index (κ1) is 20.8. The quantitative estimate of drug-likeness (QED) is 0.509. The molecule has 7 heteroatoms. The van der Waals surface area contributed by atoms with Gasteiger partial charge in [-0.15, -0.1) is 11.3 Å². The van der Waals surface area contributed by atoms with Crippen LogP contribution >= 0.6 is 11.3 Å². The second kappa shape index (κ2) is 8.73. The number of nitrogens with one attached hydrogen (secondary N) is 1. The summed E-state index contributed by atoms with van der Waals surface area (Å²) < 4.78 is 5.26. The number of rotatable bonds is 6. The van der Waals surface area contributed by atoms with Crippen molar-refractivity contribution in [2.24, 2.45) is 5.92 Å². The third-order valence-corrected chi connectivity index (χ3v) is 5.71. The van der Waals surface area contributed by atoms with Gasteiger partial charge >= 0.3 is 5.97 Å². The lowest BCUT2D eigenvalue weighted by molar-refractivity contribution is 0.0459. The van der Waals surface area contributed by atoms with Gasteiger partial charge in [0.2, 0.25) is 0 Å². The minimum atomic E-state index is -0.366. The maximum Gasteiger partial charge on any atom is 0.338 e. The number of carbonyl (C=O) groups excluding carboxylic acids is 1. The zero-order valence-corrected chi connectivity index (χ0v) is 18.1. The van der Waals surface area contributed by atoms with Crippen molar-refractivity contribution >= 4 is 34.4 Å². The van der Waals surface area contributed by atoms with Crippen LogP contribution in [0.1, 0.15) is 29.2 Å². The number of carbonyl (C=O) groups is 1. The summed E-state index contributed by atoms with van der Waals surface area (Å²) in [5.74, 6) is 0.199. The first-order valence-electron chi connectivity index (χ1n) is 10.0. The SMILES string of the molecule is CC(C)COC(=O)c1ccc(N2CC(O)=C(c3nc(-c4ccccc4)cs3)C2=N)cc1. The molecule has 158 valence electrons. The second-order valence-electron chi connectivity index (χ2n) is 7.70. The lowest BCUT2D eigenvalue weighted by Crippen LogP contribution is -2.26. The van der Waals surface area contributed by atoms with Crippen molar-refractivity contribution in [3.63, 3.8) is 0 Å². The van der Waals surface area contributed by atoms with Crippen molar-refractivity contribution in [2.45, 2.75) is 13.8 Å². The summed E-state index contributed by atoms with van der Waals surface area (Å²) in [6.45, 7) is 4.53. The van der Waals surface area contributed by atoms with Gasteiger partial charge in [0.05, 0.1) is 30.0 Å². The van der Waals surface area contributed by atoms with Crippen LogP contribution in [0.3, 0.4) is 0 Å². The Hall–Kier alpha value is -3.45. The predicted octanol–water partition coefficient (Wildman–Crippen LogP) is 5.39. The molecular formula is C24H23N3O3S. The van der Waals surface area contributed by atoms with Crippen LogP contribution in [0.2, 0.25) is 0 Å². The summed E-state index contributed by atoms with van der Waals surface area (Å²) in [4.78, 5) is 18.4. The number of aliphatic hydroxyl groups excluding tert-OH is 1. The van der Waals surface area contributed by atoms with Crippen LogP contribution in [-0.4, -0.2) is 35.0 Å². The molecule has 3 aromatic rings. The summed E-state index contributed by atoms with van der Waals surface area (Å²) in [7, 11) is 0. The first-order chi connectivity index (χ1) is 14.9. The van der Waals surface area contributed by atoms with E-state index in [1.165, 1.54) is 11.3 Å². The van der Waals surface area contributed by atoms with Crippen molar-refractivity contribution in [1.29, 1.82) is 5.41 Å². The van der Waals surface area contributed by atoms with Gasteiger partial charge in [0.25, 0.3) is 0 Å². The number of aliphatic hydroxyl groups is 1. The largest absolute Gasteiger partial charge is 0.510 e. The fourth-order valence-corrected chi connectivity index (χ4v) is 4.15. The summed E-state index contributed by atoms with van der Waals surface area (Å²) in [6, 6.07) is 16.7. The average molecular weight is 434 g/mol. The molecule has 0 aliphatic carbocycles. The fourth-order valence-electron chi connectivity index (χ4n) is 3.26. The molecule has 2 aromatic carbocycles. The third kappa shape index (κ3) is 4.36. The van der Waals surface area contributed by atoms with Gasteiger partial charge in [-0.1, -0.05) is 44.2 Å². The smallest absolute Gasteiger partial charge is 0.338 e. The van der Waals surface area contributed by atoms with Crippen LogP contribution in [-0.2, 0) is 4.74 Å². The number of anilines is 1. The number of hydrogen-bond donors (Lipinski definition) is 2. The van der Waals surface area contributed by atoms with Crippen LogP contribution in [0, 0.1) is 11.3 Å². The molecular weight excluding hydrogens is 410 g/mol. The van der Waals surface area contributed by atoms with E-state index >= 15 is 0 Å². The highest BCUT2D eigenvalue weighted by atomic mass is 32.1. The van der Waals surface area contributed by atoms with Crippen LogP contribution in [0.4, 0.5) is 5.69 Å². The summed E-state index contributed by atoms with van der Waals surface area (Å²) >= 11 is 1.40. The second-order valence-corrected chi connectivity index (χ2v) is 8.56. The van der Waals surface area contributed by atoms with Crippen LogP contribution in [0.25, 0.3) is 16.8 Å². The van der Waals surface area contributed by atoms with E-state index in [1.807, 2.05) is 49.6 Å². The number of amidine groups is 1. The van der Waals surface area contributed by atoms with Crippen molar-refractivity contribution in [1.82, 2.24) is 4.98 Å². The van der Waals surface area contributed by atoms with E-state index in [9.17, 15) is 9.90 Å². The Kier molecular flexibility index (Phi) is 5.86. The maximum atomic E-state index is 12.1. The zero-order chi connectivity index (χ0) is 22.0. The summed E-state index contributed by atoms with van der Waals surface area (Å²) in [5.41, 5.74) is 3.42. The minimum Gasteiger partial charge on any atom is -0.510 e. The van der Waals surface area contributed by atoms with Crippen LogP contribution in [0.15, 0.2) is 65.7 Å². The minimum absolute atomic E-state index is 0.111. The molecule has 0 saturated heterocycles. The molecule has 4 rings (SSSR count). The lowest BCUT2D eigenvalue weighted by atomic mass is 10.2. The third-order valence-electron chi connectivity index (χ3n) is 4.85. The van der Waals surface area contributed by atoms with Crippen molar-refractivity contribution in [3.8, 4) is 11.3 Å². The van der Waals surface area contributed by atoms with Gasteiger partial charge in [0, 0.05) is 16.6 Å². The number of benzene rings is 2. The summed E-state index contributed by atoms with van der Waals surface area (Å²) in [5, 5.41) is 21.7. The van der Waals surface area contributed by atoms with E-state index in [1.54, 1.807) is 29.2 Å². The lowest BCUT2D eigenvalue weighted by Gasteiger charge is -2.19. The molecule has 1 aromatic heterocycles. The number of hydrogen-bond acceptors (Lipinski definition) is 6. The average Bonchev–Trinajstić information content (AvgIpc) is 3.37. The van der Waals surface area contributed by atoms with Gasteiger partial charge in [0.1, 0.15) is 16.6 Å². The molecule has 31 heavy (non-hydrogen) atoms. The Morgan fingerprint density at radius 2 is 1.90 bits per heavy atom. The van der Waals surface area contributed by atoms with E-state index in [0.717, 1.165) is 11.3 Å². The highest BCUT2D eigenvalue weighted by molar-refractivity contribution is 7.11. The molecule has 0 amide bonds. The molecule has 2 heterocycles. The Morgan fingerprint density at radius 1 is 1.19 bits per heavy atom. The molecule has 6 nitrogen and oxygen atoms in total. The Morgan fingerprint density at radius 3 is 2.58 bits per heavy atom. The van der Waals surface area contributed by atoms with Gasteiger partial charge < -0.3 is 14.7 Å². The van der Waals surface area contributed by atoms with E-state index in [4.69, 9.17) is 10.1 Å². The molecule has 0 saturated carbocycles. The molecule has 2 N–H and O–H groups in total. The number of ether oxygens (including phenoxy) is 1. The van der Waals surface area contributed by atoms with E-state index < -0.39 is 0 Å². The number of thiazole rings is 1. The van der Waals surface area contributed by atoms with Crippen LogP contribution in [0.5, 0.6) is 0 Å². The van der Waals surface area contributed by atoms with Gasteiger partial charge in [-0.3, -0.25) is 5.41 Å². The normalized spacial score (nSPS) is 13.9. The molecule has 0 radical (unpaired) electrons. The number of nitrogens with zero attached hydrogens (tertiary/aromatic N) is 2. The molecule has 1 aliphatic heterocycles. The van der Waals surface area contributed by atoms with Gasteiger partial charge in [0.15, 0.2) is 0 Å². The fraction of sp³-hybridized carbons (Fsp3) is 0.208. The molecule has 0 atom stereocenters. The summed E-state index contributed by atoms with van der Waals surface area (Å²) in [6.07, 6.45) is 0. The number of esters is 1. The van der Waals surface area contributed by atoms with Crippen LogP contribution < -0.4 is 4.90 Å².